The van der Waals surface area contributed by atoms with E-state index in [2.05, 4.69) is 0 Å². The van der Waals surface area contributed by atoms with E-state index in [0.29, 0.717) is 24.5 Å². The Kier molecular flexibility index (Phi) is 4.22. The number of hydrogen-bond donors (Lipinski definition) is 1. The van der Waals surface area contributed by atoms with Crippen LogP contribution in [0.1, 0.15) is 13.8 Å². The molecule has 1 aliphatic rings. The fourth-order valence-corrected chi connectivity index (χ4v) is 3.93. The molecule has 112 valence electrons. The molecule has 0 radical (unpaired) electrons. The van der Waals surface area contributed by atoms with E-state index in [1.165, 1.54) is 23.5 Å². The van der Waals surface area contributed by atoms with Crippen molar-refractivity contribution in [2.24, 2.45) is 0 Å². The van der Waals surface area contributed by atoms with Crippen LogP contribution in [0.25, 0.3) is 0 Å². The Morgan fingerprint density at radius 3 is 2.45 bits per heavy atom. The zero-order valence-electron chi connectivity index (χ0n) is 11.9. The lowest BCUT2D eigenvalue weighted by Crippen LogP contribution is -2.48. The maximum absolute atomic E-state index is 12.6. The topological polar surface area (TPSA) is 81.9 Å². The Labute approximate surface area is 119 Å². The molecule has 1 aliphatic heterocycles. The van der Waals surface area contributed by atoms with Crippen molar-refractivity contribution in [3.63, 3.8) is 0 Å². The van der Waals surface area contributed by atoms with Crippen LogP contribution in [0.4, 0.5) is 5.69 Å². The number of hydrogen-bond acceptors (Lipinski definition) is 5. The first-order valence-corrected chi connectivity index (χ1v) is 7.87. The van der Waals surface area contributed by atoms with Gasteiger partial charge in [0.15, 0.2) is 0 Å². The second-order valence-electron chi connectivity index (χ2n) is 4.98. The lowest BCUT2D eigenvalue weighted by molar-refractivity contribution is -0.0440. The van der Waals surface area contributed by atoms with Crippen molar-refractivity contribution in [1.29, 1.82) is 0 Å². The molecule has 1 aromatic carbocycles. The molecule has 0 amide bonds. The van der Waals surface area contributed by atoms with Gasteiger partial charge in [-0.3, -0.25) is 0 Å². The number of morpholine rings is 1. The summed E-state index contributed by atoms with van der Waals surface area (Å²) < 4.78 is 37.3. The highest BCUT2D eigenvalue weighted by Gasteiger charge is 2.32. The zero-order chi connectivity index (χ0) is 14.9. The van der Waals surface area contributed by atoms with Gasteiger partial charge >= 0.3 is 0 Å². The molecular formula is C13H20N2O4S. The summed E-state index contributed by atoms with van der Waals surface area (Å²) in [5.74, 6) is 0.362. The highest BCUT2D eigenvalue weighted by atomic mass is 32.2. The molecule has 2 N–H and O–H groups in total. The van der Waals surface area contributed by atoms with E-state index in [1.807, 2.05) is 13.8 Å². The van der Waals surface area contributed by atoms with E-state index < -0.39 is 10.0 Å². The van der Waals surface area contributed by atoms with E-state index in [1.54, 1.807) is 6.07 Å². The highest BCUT2D eigenvalue weighted by molar-refractivity contribution is 7.89. The molecule has 1 heterocycles. The molecule has 1 saturated heterocycles. The van der Waals surface area contributed by atoms with Gasteiger partial charge in [0.2, 0.25) is 10.0 Å². The van der Waals surface area contributed by atoms with E-state index in [-0.39, 0.29) is 17.1 Å². The number of sulfonamides is 1. The number of nitrogens with two attached hydrogens (primary N) is 1. The Morgan fingerprint density at radius 1 is 1.30 bits per heavy atom. The maximum Gasteiger partial charge on any atom is 0.243 e. The Balaban J connectivity index is 2.34. The summed E-state index contributed by atoms with van der Waals surface area (Å²) >= 11 is 0. The van der Waals surface area contributed by atoms with Gasteiger partial charge in [-0.05, 0) is 26.0 Å². The second kappa shape index (κ2) is 5.59. The molecule has 0 bridgehead atoms. The van der Waals surface area contributed by atoms with Gasteiger partial charge in [0, 0.05) is 19.2 Å². The van der Waals surface area contributed by atoms with E-state index in [9.17, 15) is 8.42 Å². The van der Waals surface area contributed by atoms with E-state index >= 15 is 0 Å². The highest BCUT2D eigenvalue weighted by Crippen LogP contribution is 2.28. The quantitative estimate of drug-likeness (QED) is 0.845. The van der Waals surface area contributed by atoms with E-state index in [0.717, 1.165) is 0 Å². The van der Waals surface area contributed by atoms with Crippen LogP contribution < -0.4 is 10.5 Å². The molecule has 6 nitrogen and oxygen atoms in total. The maximum atomic E-state index is 12.6. The first kappa shape index (κ1) is 15.1. The van der Waals surface area contributed by atoms with Gasteiger partial charge in [-0.2, -0.15) is 4.31 Å². The van der Waals surface area contributed by atoms with Gasteiger partial charge < -0.3 is 15.2 Å². The fourth-order valence-electron chi connectivity index (χ4n) is 2.33. The van der Waals surface area contributed by atoms with Gasteiger partial charge in [0.25, 0.3) is 0 Å². The first-order chi connectivity index (χ1) is 9.34. The number of anilines is 1. The number of nitrogens with zero attached hydrogens (tertiary/aromatic N) is 1. The van der Waals surface area contributed by atoms with Crippen LogP contribution in [-0.4, -0.2) is 45.1 Å². The molecule has 1 aromatic rings. The van der Waals surface area contributed by atoms with Gasteiger partial charge in [0.1, 0.15) is 5.75 Å². The van der Waals surface area contributed by atoms with Crippen molar-refractivity contribution in [3.8, 4) is 5.75 Å². The van der Waals surface area contributed by atoms with Crippen molar-refractivity contribution in [1.82, 2.24) is 4.31 Å². The molecule has 20 heavy (non-hydrogen) atoms. The monoisotopic (exact) mass is 300 g/mol. The third-order valence-corrected chi connectivity index (χ3v) is 5.06. The number of methoxy groups -OCH3 is 1. The molecule has 0 saturated carbocycles. The van der Waals surface area contributed by atoms with Crippen molar-refractivity contribution in [3.05, 3.63) is 18.2 Å². The molecule has 0 aromatic heterocycles. The van der Waals surface area contributed by atoms with Crippen LogP contribution in [-0.2, 0) is 14.8 Å². The third kappa shape index (κ3) is 2.89. The Hall–Kier alpha value is -1.31. The predicted molar refractivity (Wildman–Crippen MR) is 76.2 cm³/mol. The van der Waals surface area contributed by atoms with Crippen LogP contribution in [0.3, 0.4) is 0 Å². The average Bonchev–Trinajstić information content (AvgIpc) is 2.37. The second-order valence-corrected chi connectivity index (χ2v) is 6.92. The normalized spacial score (nSPS) is 24.6. The number of nitrogen functional groups attached to an aromatic ring is 1. The number of benzene rings is 1. The van der Waals surface area contributed by atoms with Crippen LogP contribution >= 0.6 is 0 Å². The van der Waals surface area contributed by atoms with Crippen LogP contribution in [0.15, 0.2) is 23.1 Å². The molecule has 0 spiro atoms. The minimum atomic E-state index is -3.56. The zero-order valence-corrected chi connectivity index (χ0v) is 12.7. The van der Waals surface area contributed by atoms with Gasteiger partial charge in [-0.1, -0.05) is 0 Å². The molecule has 7 heteroatoms. The van der Waals surface area contributed by atoms with Crippen molar-refractivity contribution < 1.29 is 17.9 Å². The summed E-state index contributed by atoms with van der Waals surface area (Å²) in [6.45, 7) is 4.42. The number of ether oxygens (including phenoxy) is 2. The molecule has 0 unspecified atom stereocenters. The lowest BCUT2D eigenvalue weighted by Gasteiger charge is -2.34. The van der Waals surface area contributed by atoms with Gasteiger partial charge in [0.05, 0.1) is 29.9 Å². The van der Waals surface area contributed by atoms with Crippen LogP contribution in [0.2, 0.25) is 0 Å². The fraction of sp³-hybridized carbons (Fsp3) is 0.538. The Morgan fingerprint density at radius 2 is 1.90 bits per heavy atom. The van der Waals surface area contributed by atoms with Crippen LogP contribution in [0, 0.1) is 0 Å². The molecule has 1 fully saturated rings. The summed E-state index contributed by atoms with van der Waals surface area (Å²) in [6, 6.07) is 4.49. The SMILES string of the molecule is COc1cc(S(=O)(=O)N2C[C@@H](C)O[C@@H](C)C2)ccc1N. The molecule has 0 aliphatic carbocycles. The minimum Gasteiger partial charge on any atom is -0.495 e. The Bertz CT molecular complexity index is 578. The first-order valence-electron chi connectivity index (χ1n) is 6.43. The summed E-state index contributed by atoms with van der Waals surface area (Å²) in [6.07, 6.45) is -0.242. The van der Waals surface area contributed by atoms with Crippen LogP contribution in [0.5, 0.6) is 5.75 Å². The average molecular weight is 300 g/mol. The summed E-state index contributed by atoms with van der Waals surface area (Å²) in [4.78, 5) is 0.185. The predicted octanol–water partition coefficient (Wildman–Crippen LogP) is 1.08. The number of rotatable bonds is 3. The largest absolute Gasteiger partial charge is 0.495 e. The van der Waals surface area contributed by atoms with Gasteiger partial charge in [-0.15, -0.1) is 0 Å². The molecule has 2 atom stereocenters. The smallest absolute Gasteiger partial charge is 0.243 e. The minimum absolute atomic E-state index is 0.121. The van der Waals surface area contributed by atoms with Crippen molar-refractivity contribution in [2.75, 3.05) is 25.9 Å². The summed E-state index contributed by atoms with van der Waals surface area (Å²) in [7, 11) is -2.10. The summed E-state index contributed by atoms with van der Waals surface area (Å²) in [5.41, 5.74) is 6.12. The lowest BCUT2D eigenvalue weighted by atomic mass is 10.3. The van der Waals surface area contributed by atoms with Gasteiger partial charge in [-0.25, -0.2) is 8.42 Å². The third-order valence-electron chi connectivity index (χ3n) is 3.23. The molecule has 2 rings (SSSR count). The standard InChI is InChI=1S/C13H20N2O4S/c1-9-7-15(8-10(2)19-9)20(16,17)11-4-5-12(14)13(6-11)18-3/h4-6,9-10H,7-8,14H2,1-3H3/t9-,10+. The molecular weight excluding hydrogens is 280 g/mol. The van der Waals surface area contributed by atoms with Crippen molar-refractivity contribution >= 4 is 15.7 Å². The van der Waals surface area contributed by atoms with E-state index in [4.69, 9.17) is 15.2 Å². The van der Waals surface area contributed by atoms with Crippen molar-refractivity contribution in [2.45, 2.75) is 31.0 Å². The summed E-state index contributed by atoms with van der Waals surface area (Å²) in [5, 5.41) is 0.